The molecule has 9 nitrogen and oxygen atoms in total. The van der Waals surface area contributed by atoms with Gasteiger partial charge in [-0.25, -0.2) is 4.98 Å². The normalized spacial score (nSPS) is 19.0. The molecule has 0 radical (unpaired) electrons. The first kappa shape index (κ1) is 20.2. The van der Waals surface area contributed by atoms with Gasteiger partial charge in [0.1, 0.15) is 0 Å². The van der Waals surface area contributed by atoms with E-state index in [0.29, 0.717) is 56.8 Å². The molecule has 9 heteroatoms. The van der Waals surface area contributed by atoms with Gasteiger partial charge in [0.15, 0.2) is 18.1 Å². The van der Waals surface area contributed by atoms with Gasteiger partial charge in [0, 0.05) is 38.2 Å². The summed E-state index contributed by atoms with van der Waals surface area (Å²) in [6, 6.07) is 8.77. The van der Waals surface area contributed by atoms with E-state index < -0.39 is 0 Å². The quantitative estimate of drug-likeness (QED) is 0.753. The number of hydrogen-bond donors (Lipinski definition) is 1. The lowest BCUT2D eigenvalue weighted by Gasteiger charge is -2.27. The number of para-hydroxylation sites is 2. The largest absolute Gasteiger partial charge is 0.493 e. The van der Waals surface area contributed by atoms with Crippen molar-refractivity contribution in [1.82, 2.24) is 14.9 Å². The third kappa shape index (κ3) is 4.56. The molecule has 0 saturated carbocycles. The third-order valence-corrected chi connectivity index (χ3v) is 5.44. The van der Waals surface area contributed by atoms with Gasteiger partial charge in [-0.3, -0.25) is 14.6 Å². The maximum absolute atomic E-state index is 12.6. The molecular formula is C21H26N4O5. The molecule has 1 atom stereocenters. The molecule has 0 spiro atoms. The summed E-state index contributed by atoms with van der Waals surface area (Å²) >= 11 is 0. The second-order valence-corrected chi connectivity index (χ2v) is 7.36. The van der Waals surface area contributed by atoms with Crippen LogP contribution in [0.2, 0.25) is 0 Å². The van der Waals surface area contributed by atoms with Crippen LogP contribution < -0.4 is 19.9 Å². The molecule has 0 bridgehead atoms. The van der Waals surface area contributed by atoms with Crippen molar-refractivity contribution >= 4 is 11.9 Å². The molecule has 30 heavy (non-hydrogen) atoms. The minimum absolute atomic E-state index is 0.0299. The standard InChI is InChI=1S/C21H26N4O5/c1-28-17-4-2-3-5-18(17)30-14-20(27)25-7-6-15(13-25)16-12-19(26)23-21(22-16)24-8-10-29-11-9-24/h2-5,12,15H,6-11,13-14H2,1H3,(H,22,23,26)/t15-/m0/s1. The molecule has 2 fully saturated rings. The van der Waals surface area contributed by atoms with Crippen molar-refractivity contribution in [2.75, 3.05) is 58.0 Å². The van der Waals surface area contributed by atoms with Crippen molar-refractivity contribution in [2.45, 2.75) is 12.3 Å². The average Bonchev–Trinajstić information content (AvgIpc) is 3.28. The number of hydrogen-bond acceptors (Lipinski definition) is 7. The minimum atomic E-state index is -0.175. The van der Waals surface area contributed by atoms with E-state index in [1.165, 1.54) is 6.07 Å². The average molecular weight is 414 g/mol. The smallest absolute Gasteiger partial charge is 0.260 e. The van der Waals surface area contributed by atoms with Gasteiger partial charge in [0.25, 0.3) is 11.5 Å². The zero-order valence-corrected chi connectivity index (χ0v) is 17.0. The molecule has 2 aliphatic rings. The van der Waals surface area contributed by atoms with E-state index in [2.05, 4.69) is 9.97 Å². The second kappa shape index (κ2) is 9.17. The lowest BCUT2D eigenvalue weighted by molar-refractivity contribution is -0.132. The molecule has 2 aromatic rings. The van der Waals surface area contributed by atoms with Gasteiger partial charge >= 0.3 is 0 Å². The van der Waals surface area contributed by atoms with Crippen LogP contribution in [0.1, 0.15) is 18.0 Å². The van der Waals surface area contributed by atoms with Crippen molar-refractivity contribution in [3.05, 3.63) is 46.4 Å². The second-order valence-electron chi connectivity index (χ2n) is 7.36. The van der Waals surface area contributed by atoms with Crippen LogP contribution in [0.15, 0.2) is 35.1 Å². The molecule has 0 unspecified atom stereocenters. The van der Waals surface area contributed by atoms with E-state index in [4.69, 9.17) is 14.2 Å². The lowest BCUT2D eigenvalue weighted by atomic mass is 10.1. The minimum Gasteiger partial charge on any atom is -0.493 e. The number of carbonyl (C=O) groups excluding carboxylic acids is 1. The van der Waals surface area contributed by atoms with Gasteiger partial charge in [0.2, 0.25) is 5.95 Å². The van der Waals surface area contributed by atoms with E-state index in [1.54, 1.807) is 24.1 Å². The third-order valence-electron chi connectivity index (χ3n) is 5.44. The Morgan fingerprint density at radius 2 is 2.00 bits per heavy atom. The molecule has 1 amide bonds. The van der Waals surface area contributed by atoms with Crippen LogP contribution in [0, 0.1) is 0 Å². The number of benzene rings is 1. The van der Waals surface area contributed by atoms with Gasteiger partial charge in [-0.2, -0.15) is 0 Å². The van der Waals surface area contributed by atoms with E-state index >= 15 is 0 Å². The Kier molecular flexibility index (Phi) is 6.18. The van der Waals surface area contributed by atoms with Crippen LogP contribution in [0.5, 0.6) is 11.5 Å². The molecule has 0 aliphatic carbocycles. The summed E-state index contributed by atoms with van der Waals surface area (Å²) in [5.41, 5.74) is 0.548. The van der Waals surface area contributed by atoms with Gasteiger partial charge < -0.3 is 24.0 Å². The number of nitrogens with zero attached hydrogens (tertiary/aromatic N) is 3. The highest BCUT2D eigenvalue weighted by Crippen LogP contribution is 2.28. The Bertz CT molecular complexity index is 941. The number of rotatable bonds is 6. The molecule has 3 heterocycles. The van der Waals surface area contributed by atoms with E-state index in [-0.39, 0.29) is 24.0 Å². The van der Waals surface area contributed by atoms with Crippen molar-refractivity contribution in [1.29, 1.82) is 0 Å². The topological polar surface area (TPSA) is 97.0 Å². The SMILES string of the molecule is COc1ccccc1OCC(=O)N1CC[C@H](c2cc(=O)[nH]c(N3CCOCC3)n2)C1. The van der Waals surface area contributed by atoms with Crippen molar-refractivity contribution in [3.8, 4) is 11.5 Å². The van der Waals surface area contributed by atoms with Crippen molar-refractivity contribution in [2.24, 2.45) is 0 Å². The molecule has 1 aromatic heterocycles. The van der Waals surface area contributed by atoms with Gasteiger partial charge in [-0.05, 0) is 18.6 Å². The molecular weight excluding hydrogens is 388 g/mol. The summed E-state index contributed by atoms with van der Waals surface area (Å²) in [7, 11) is 1.56. The first-order chi connectivity index (χ1) is 14.6. The molecule has 1 N–H and O–H groups in total. The van der Waals surface area contributed by atoms with Gasteiger partial charge in [-0.15, -0.1) is 0 Å². The molecule has 2 aliphatic heterocycles. The van der Waals surface area contributed by atoms with Crippen LogP contribution >= 0.6 is 0 Å². The number of anilines is 1. The maximum atomic E-state index is 12.6. The van der Waals surface area contributed by atoms with Crippen molar-refractivity contribution in [3.63, 3.8) is 0 Å². The zero-order chi connectivity index (χ0) is 20.9. The highest BCUT2D eigenvalue weighted by Gasteiger charge is 2.29. The molecule has 160 valence electrons. The fourth-order valence-electron chi connectivity index (χ4n) is 3.79. The Labute approximate surface area is 174 Å². The number of ether oxygens (including phenoxy) is 3. The summed E-state index contributed by atoms with van der Waals surface area (Å²) in [6.45, 7) is 3.70. The fraction of sp³-hybridized carbons (Fsp3) is 0.476. The number of likely N-dealkylation sites (tertiary alicyclic amines) is 1. The first-order valence-electron chi connectivity index (χ1n) is 10.1. The van der Waals surface area contributed by atoms with E-state index in [0.717, 1.165) is 12.1 Å². The van der Waals surface area contributed by atoms with E-state index in [1.807, 2.05) is 17.0 Å². The molecule has 1 aromatic carbocycles. The molecule has 2 saturated heterocycles. The highest BCUT2D eigenvalue weighted by atomic mass is 16.5. The Balaban J connectivity index is 1.38. The summed E-state index contributed by atoms with van der Waals surface area (Å²) in [4.78, 5) is 36.1. The van der Waals surface area contributed by atoms with Crippen LogP contribution in [-0.4, -0.2) is 73.9 Å². The molecule has 4 rings (SSSR count). The monoisotopic (exact) mass is 414 g/mol. The Hall–Kier alpha value is -3.07. The number of methoxy groups -OCH3 is 1. The summed E-state index contributed by atoms with van der Waals surface area (Å²) < 4.78 is 16.3. The first-order valence-corrected chi connectivity index (χ1v) is 10.1. The lowest BCUT2D eigenvalue weighted by Crippen LogP contribution is -2.38. The number of amides is 1. The van der Waals surface area contributed by atoms with Gasteiger partial charge in [-0.1, -0.05) is 12.1 Å². The van der Waals surface area contributed by atoms with Crippen LogP contribution in [0.3, 0.4) is 0 Å². The van der Waals surface area contributed by atoms with Crippen molar-refractivity contribution < 1.29 is 19.0 Å². The highest BCUT2D eigenvalue weighted by molar-refractivity contribution is 5.78. The number of morpholine rings is 1. The van der Waals surface area contributed by atoms with Crippen LogP contribution in [0.4, 0.5) is 5.95 Å². The maximum Gasteiger partial charge on any atom is 0.260 e. The summed E-state index contributed by atoms with van der Waals surface area (Å²) in [6.07, 6.45) is 0.763. The fourth-order valence-corrected chi connectivity index (χ4v) is 3.79. The Morgan fingerprint density at radius 3 is 2.77 bits per heavy atom. The number of aromatic nitrogens is 2. The Morgan fingerprint density at radius 1 is 1.23 bits per heavy atom. The predicted molar refractivity (Wildman–Crippen MR) is 110 cm³/mol. The predicted octanol–water partition coefficient (Wildman–Crippen LogP) is 1.01. The number of carbonyl (C=O) groups is 1. The number of nitrogens with one attached hydrogen (secondary N) is 1. The van der Waals surface area contributed by atoms with Gasteiger partial charge in [0.05, 0.1) is 26.0 Å². The number of aromatic amines is 1. The summed E-state index contributed by atoms with van der Waals surface area (Å²) in [5, 5.41) is 0. The number of H-pyrrole nitrogens is 1. The zero-order valence-electron chi connectivity index (χ0n) is 17.0. The van der Waals surface area contributed by atoms with E-state index in [9.17, 15) is 9.59 Å². The van der Waals surface area contributed by atoms with Crippen LogP contribution in [-0.2, 0) is 9.53 Å². The van der Waals surface area contributed by atoms with Crippen LogP contribution in [0.25, 0.3) is 0 Å². The summed E-state index contributed by atoms with van der Waals surface area (Å²) in [5.74, 6) is 1.64.